The minimum Gasteiger partial charge on any atom is -0.381 e. The Morgan fingerprint density at radius 2 is 1.84 bits per heavy atom. The van der Waals surface area contributed by atoms with E-state index in [1.807, 2.05) is 13.1 Å². The van der Waals surface area contributed by atoms with Crippen LogP contribution in [0.4, 0.5) is 0 Å². The summed E-state index contributed by atoms with van der Waals surface area (Å²) in [5, 5.41) is 6.27. The van der Waals surface area contributed by atoms with Gasteiger partial charge in [0.1, 0.15) is 12.6 Å². The lowest BCUT2D eigenvalue weighted by molar-refractivity contribution is -0.127. The Morgan fingerprint density at radius 3 is 2.51 bits per heavy atom. The third kappa shape index (κ3) is 11.1. The van der Waals surface area contributed by atoms with Crippen LogP contribution in [0.3, 0.4) is 0 Å². The molecule has 2 aliphatic heterocycles. The molecule has 238 valence electrons. The van der Waals surface area contributed by atoms with E-state index in [0.29, 0.717) is 13.2 Å². The summed E-state index contributed by atoms with van der Waals surface area (Å²) in [5.74, 6) is 0.707. The van der Waals surface area contributed by atoms with Crippen LogP contribution in [0.5, 0.6) is 0 Å². The maximum absolute atomic E-state index is 13.4. The smallest absolute Gasteiger partial charge is 0.246 e. The molecule has 43 heavy (non-hydrogen) atoms. The minimum atomic E-state index is -0.319. The minimum absolute atomic E-state index is 0.0116. The highest BCUT2D eigenvalue weighted by molar-refractivity contribution is 8.08. The molecule has 0 aliphatic carbocycles. The molecule has 2 heterocycles. The molecule has 0 bridgehead atoms. The van der Waals surface area contributed by atoms with Crippen molar-refractivity contribution in [2.45, 2.75) is 91.8 Å². The molecule has 1 fully saturated rings. The first kappa shape index (κ1) is 34.9. The van der Waals surface area contributed by atoms with Crippen LogP contribution < -0.4 is 10.6 Å². The maximum atomic E-state index is 13.4. The van der Waals surface area contributed by atoms with E-state index in [-0.39, 0.29) is 35.9 Å². The predicted octanol–water partition coefficient (Wildman–Crippen LogP) is 5.93. The van der Waals surface area contributed by atoms with Gasteiger partial charge in [0, 0.05) is 55.5 Å². The van der Waals surface area contributed by atoms with Gasteiger partial charge < -0.3 is 25.0 Å². The summed E-state index contributed by atoms with van der Waals surface area (Å²) in [6.45, 7) is 18.1. The van der Waals surface area contributed by atoms with Crippen LogP contribution in [0.2, 0.25) is 0 Å². The number of allylic oxidation sites excluding steroid dienone is 1. The number of amides is 2. The standard InChI is InChI=1S/C34H52N4O4S/c1-7-19-41-20-9-8-10-21-42-24-30(39)37-32(34(4,5)6)26(3)38-18-11-12-29(38)33(40)36-23-27-13-15-28(16-14-27)31-25(2)35-17-22-43-31/h13-17,29,32H,3,7-12,18-24H2,1-2,4-6H3,(H,36,40)(H,37,39)/t29-,32?/m1/s1. The van der Waals surface area contributed by atoms with Crippen LogP contribution in [0.15, 0.2) is 47.2 Å². The van der Waals surface area contributed by atoms with Crippen molar-refractivity contribution in [3.05, 3.63) is 53.4 Å². The first-order valence-electron chi connectivity index (χ1n) is 15.7. The summed E-state index contributed by atoms with van der Waals surface area (Å²) in [4.78, 5) is 33.9. The van der Waals surface area contributed by atoms with Gasteiger partial charge in [-0.15, -0.1) is 11.8 Å². The van der Waals surface area contributed by atoms with Crippen molar-refractivity contribution >= 4 is 34.7 Å². The van der Waals surface area contributed by atoms with Crippen molar-refractivity contribution in [2.24, 2.45) is 10.4 Å². The lowest BCUT2D eigenvalue weighted by Gasteiger charge is -2.39. The van der Waals surface area contributed by atoms with E-state index in [0.717, 1.165) is 86.6 Å². The van der Waals surface area contributed by atoms with E-state index in [2.05, 4.69) is 79.1 Å². The number of ether oxygens (including phenoxy) is 2. The quantitative estimate of drug-likeness (QED) is 0.212. The Balaban J connectivity index is 1.49. The Hall–Kier alpha value is -2.62. The predicted molar refractivity (Wildman–Crippen MR) is 178 cm³/mol. The number of thioether (sulfide) groups is 1. The Labute approximate surface area is 263 Å². The lowest BCUT2D eigenvalue weighted by Crippen LogP contribution is -2.52. The van der Waals surface area contributed by atoms with Gasteiger partial charge in [0.15, 0.2) is 0 Å². The molecule has 1 aromatic carbocycles. The fourth-order valence-electron chi connectivity index (χ4n) is 5.38. The van der Waals surface area contributed by atoms with Crippen molar-refractivity contribution in [1.82, 2.24) is 15.5 Å². The Bertz CT molecular complexity index is 1130. The zero-order valence-electron chi connectivity index (χ0n) is 26.9. The van der Waals surface area contributed by atoms with Gasteiger partial charge in [0.2, 0.25) is 11.8 Å². The molecule has 0 radical (unpaired) electrons. The van der Waals surface area contributed by atoms with Gasteiger partial charge in [-0.05, 0) is 62.0 Å². The maximum Gasteiger partial charge on any atom is 0.246 e. The number of likely N-dealkylation sites (tertiary alicyclic amines) is 1. The molecule has 0 saturated carbocycles. The Morgan fingerprint density at radius 1 is 1.12 bits per heavy atom. The van der Waals surface area contributed by atoms with E-state index in [9.17, 15) is 9.59 Å². The topological polar surface area (TPSA) is 92.3 Å². The molecule has 8 nitrogen and oxygen atoms in total. The second-order valence-electron chi connectivity index (χ2n) is 12.4. The molecule has 9 heteroatoms. The van der Waals surface area contributed by atoms with Crippen LogP contribution in [-0.4, -0.2) is 73.7 Å². The summed E-state index contributed by atoms with van der Waals surface area (Å²) in [5.41, 5.74) is 3.72. The molecule has 2 amide bonds. The molecular weight excluding hydrogens is 560 g/mol. The summed E-state index contributed by atoms with van der Waals surface area (Å²) in [6, 6.07) is 7.70. The van der Waals surface area contributed by atoms with Crippen LogP contribution in [0.25, 0.3) is 4.91 Å². The first-order valence-corrected chi connectivity index (χ1v) is 16.7. The fraction of sp³-hybridized carbons (Fsp3) is 0.618. The van der Waals surface area contributed by atoms with Gasteiger partial charge in [-0.2, -0.15) is 0 Å². The monoisotopic (exact) mass is 612 g/mol. The normalized spacial score (nSPS) is 17.7. The van der Waals surface area contributed by atoms with Crippen molar-refractivity contribution in [1.29, 1.82) is 0 Å². The fourth-order valence-corrected chi connectivity index (χ4v) is 6.26. The number of benzene rings is 1. The zero-order chi connectivity index (χ0) is 31.2. The van der Waals surface area contributed by atoms with Crippen molar-refractivity contribution in [3.63, 3.8) is 0 Å². The molecule has 2 aliphatic rings. The summed E-state index contributed by atoms with van der Waals surface area (Å²) < 4.78 is 11.2. The average molecular weight is 613 g/mol. The highest BCUT2D eigenvalue weighted by Gasteiger charge is 2.38. The summed E-state index contributed by atoms with van der Waals surface area (Å²) in [7, 11) is 0. The van der Waals surface area contributed by atoms with Crippen molar-refractivity contribution in [2.75, 3.05) is 38.7 Å². The number of hydrogen-bond donors (Lipinski definition) is 2. The molecular formula is C34H52N4O4S. The first-order chi connectivity index (χ1) is 20.6. The number of hydrogen-bond acceptors (Lipinski definition) is 7. The van der Waals surface area contributed by atoms with E-state index < -0.39 is 0 Å². The molecule has 1 saturated heterocycles. The van der Waals surface area contributed by atoms with Gasteiger partial charge in [-0.3, -0.25) is 14.6 Å². The second kappa shape index (κ2) is 17.6. The number of rotatable bonds is 17. The van der Waals surface area contributed by atoms with Gasteiger partial charge in [0.05, 0.1) is 11.7 Å². The second-order valence-corrected chi connectivity index (χ2v) is 13.4. The van der Waals surface area contributed by atoms with E-state index in [1.54, 1.807) is 11.8 Å². The van der Waals surface area contributed by atoms with Gasteiger partial charge >= 0.3 is 0 Å². The van der Waals surface area contributed by atoms with Crippen molar-refractivity contribution in [3.8, 4) is 0 Å². The molecule has 0 aromatic heterocycles. The molecule has 1 unspecified atom stereocenters. The highest BCUT2D eigenvalue weighted by Crippen LogP contribution is 2.33. The zero-order valence-corrected chi connectivity index (χ0v) is 27.7. The number of aliphatic imine (C=N–C) groups is 1. The number of carbonyl (C=O) groups is 2. The van der Waals surface area contributed by atoms with Gasteiger partial charge in [-0.1, -0.05) is 58.5 Å². The highest BCUT2D eigenvalue weighted by atomic mass is 32.2. The average Bonchev–Trinajstić information content (AvgIpc) is 3.48. The molecule has 1 aromatic rings. The molecule has 2 atom stereocenters. The molecule has 3 rings (SSSR count). The third-order valence-corrected chi connectivity index (χ3v) is 8.82. The third-order valence-electron chi connectivity index (χ3n) is 7.69. The Kier molecular flexibility index (Phi) is 14.3. The number of nitrogens with one attached hydrogen (secondary N) is 2. The van der Waals surface area contributed by atoms with Crippen LogP contribution >= 0.6 is 11.8 Å². The number of unbranched alkanes of at least 4 members (excludes halogenated alkanes) is 2. The van der Waals surface area contributed by atoms with E-state index in [1.165, 1.54) is 4.91 Å². The van der Waals surface area contributed by atoms with Gasteiger partial charge in [0.25, 0.3) is 0 Å². The van der Waals surface area contributed by atoms with Crippen molar-refractivity contribution < 1.29 is 19.1 Å². The lowest BCUT2D eigenvalue weighted by atomic mass is 9.84. The molecule has 0 spiro atoms. The van der Waals surface area contributed by atoms with Crippen LogP contribution in [0, 0.1) is 5.41 Å². The van der Waals surface area contributed by atoms with E-state index >= 15 is 0 Å². The van der Waals surface area contributed by atoms with E-state index in [4.69, 9.17) is 9.47 Å². The summed E-state index contributed by atoms with van der Waals surface area (Å²) >= 11 is 1.79. The SMILES string of the molecule is C=C(C(NC(=O)COCCCCCOCCC)C(C)(C)C)N1CCC[C@@H]1C(=O)NCc1ccc(C2=C(C)N=CCS2)cc1. The number of nitrogens with zero attached hydrogens (tertiary/aromatic N) is 2. The molecule has 2 N–H and O–H groups in total. The van der Waals surface area contributed by atoms with Gasteiger partial charge in [-0.25, -0.2) is 0 Å². The van der Waals surface area contributed by atoms with Crippen LogP contribution in [0.1, 0.15) is 84.3 Å². The summed E-state index contributed by atoms with van der Waals surface area (Å²) in [6.07, 6.45) is 7.56. The van der Waals surface area contributed by atoms with Crippen LogP contribution in [-0.2, 0) is 25.6 Å². The number of carbonyl (C=O) groups excluding carboxylic acids is 2. The largest absolute Gasteiger partial charge is 0.381 e.